The van der Waals surface area contributed by atoms with Crippen molar-refractivity contribution in [2.45, 2.75) is 26.4 Å². The van der Waals surface area contributed by atoms with E-state index < -0.39 is 5.97 Å². The van der Waals surface area contributed by atoms with E-state index in [-0.39, 0.29) is 18.4 Å². The fraction of sp³-hybridized carbons (Fsp3) is 0.211. The number of nitrogens with one attached hydrogen (secondary N) is 1. The number of benzene rings is 1. The zero-order valence-electron chi connectivity index (χ0n) is 14.4. The average molecular weight is 372 g/mol. The van der Waals surface area contributed by atoms with E-state index in [4.69, 9.17) is 16.3 Å². The number of fused-ring (bicyclic) bond motifs is 1. The van der Waals surface area contributed by atoms with E-state index in [1.807, 2.05) is 0 Å². The molecular formula is C19H18ClN3O3. The number of hydrogen-bond acceptors (Lipinski definition) is 4. The molecule has 7 heteroatoms. The average Bonchev–Trinajstić information content (AvgIpc) is 2.95. The van der Waals surface area contributed by atoms with Crippen LogP contribution in [-0.2, 0) is 16.0 Å². The van der Waals surface area contributed by atoms with Crippen LogP contribution in [0, 0.1) is 0 Å². The van der Waals surface area contributed by atoms with Gasteiger partial charge in [0.15, 0.2) is 0 Å². The van der Waals surface area contributed by atoms with E-state index in [0.29, 0.717) is 22.0 Å². The molecule has 0 aliphatic heterocycles. The van der Waals surface area contributed by atoms with Crippen molar-refractivity contribution in [2.24, 2.45) is 0 Å². The molecule has 0 bridgehead atoms. The number of pyridine rings is 1. The highest BCUT2D eigenvalue weighted by Crippen LogP contribution is 2.15. The van der Waals surface area contributed by atoms with Crippen molar-refractivity contribution < 1.29 is 14.3 Å². The van der Waals surface area contributed by atoms with E-state index in [9.17, 15) is 9.59 Å². The summed E-state index contributed by atoms with van der Waals surface area (Å²) < 4.78 is 6.93. The molecule has 0 radical (unpaired) electrons. The zero-order chi connectivity index (χ0) is 18.7. The molecule has 2 heterocycles. The van der Waals surface area contributed by atoms with Gasteiger partial charge in [-0.15, -0.1) is 0 Å². The van der Waals surface area contributed by atoms with E-state index in [1.54, 1.807) is 67.0 Å². The van der Waals surface area contributed by atoms with Crippen LogP contribution in [0.5, 0.6) is 0 Å². The highest BCUT2D eigenvalue weighted by molar-refractivity contribution is 6.30. The third kappa shape index (κ3) is 4.40. The molecule has 0 fully saturated rings. The summed E-state index contributed by atoms with van der Waals surface area (Å²) in [5.41, 5.74) is 2.26. The highest BCUT2D eigenvalue weighted by atomic mass is 35.5. The van der Waals surface area contributed by atoms with Gasteiger partial charge in [-0.3, -0.25) is 4.79 Å². The minimum atomic E-state index is -0.423. The number of aromatic nitrogens is 2. The standard InChI is InChI=1S/C19H18ClN3O3/c1-12(2)26-19(25)13-4-3-5-15(8-13)22-18(24)9-16-11-23-10-14(20)6-7-17(23)21-16/h3-8,10-12H,9H2,1-2H3,(H,22,24). The molecule has 1 N–H and O–H groups in total. The summed E-state index contributed by atoms with van der Waals surface area (Å²) in [6.07, 6.45) is 3.40. The zero-order valence-corrected chi connectivity index (χ0v) is 15.2. The van der Waals surface area contributed by atoms with E-state index in [2.05, 4.69) is 10.3 Å². The van der Waals surface area contributed by atoms with Gasteiger partial charge in [-0.25, -0.2) is 9.78 Å². The van der Waals surface area contributed by atoms with Crippen LogP contribution in [0.1, 0.15) is 29.9 Å². The molecule has 1 amide bonds. The number of amides is 1. The molecular weight excluding hydrogens is 354 g/mol. The number of ether oxygens (including phenoxy) is 1. The maximum atomic E-state index is 12.3. The van der Waals surface area contributed by atoms with Gasteiger partial charge < -0.3 is 14.5 Å². The molecule has 0 aliphatic carbocycles. The van der Waals surface area contributed by atoms with E-state index in [1.165, 1.54) is 0 Å². The summed E-state index contributed by atoms with van der Waals surface area (Å²) in [5, 5.41) is 3.37. The second kappa shape index (κ2) is 7.58. The summed E-state index contributed by atoms with van der Waals surface area (Å²) in [6, 6.07) is 10.2. The molecule has 26 heavy (non-hydrogen) atoms. The van der Waals surface area contributed by atoms with Crippen LogP contribution in [0.25, 0.3) is 5.65 Å². The van der Waals surface area contributed by atoms with Gasteiger partial charge in [0, 0.05) is 18.1 Å². The lowest BCUT2D eigenvalue weighted by Gasteiger charge is -2.09. The lowest BCUT2D eigenvalue weighted by Crippen LogP contribution is -2.16. The van der Waals surface area contributed by atoms with Crippen molar-refractivity contribution in [3.05, 3.63) is 65.1 Å². The third-order valence-electron chi connectivity index (χ3n) is 3.53. The molecule has 134 valence electrons. The van der Waals surface area contributed by atoms with E-state index in [0.717, 1.165) is 5.65 Å². The normalized spacial score (nSPS) is 10.9. The van der Waals surface area contributed by atoms with Crippen molar-refractivity contribution in [1.82, 2.24) is 9.38 Å². The third-order valence-corrected chi connectivity index (χ3v) is 3.75. The monoisotopic (exact) mass is 371 g/mol. The minimum absolute atomic E-state index is 0.111. The number of halogens is 1. The van der Waals surface area contributed by atoms with Crippen molar-refractivity contribution in [3.63, 3.8) is 0 Å². The van der Waals surface area contributed by atoms with Crippen molar-refractivity contribution in [3.8, 4) is 0 Å². The van der Waals surface area contributed by atoms with Gasteiger partial charge in [-0.1, -0.05) is 17.7 Å². The largest absolute Gasteiger partial charge is 0.459 e. The van der Waals surface area contributed by atoms with Crippen LogP contribution in [0.15, 0.2) is 48.8 Å². The summed E-state index contributed by atoms with van der Waals surface area (Å²) in [7, 11) is 0. The van der Waals surface area contributed by atoms with Gasteiger partial charge in [0.25, 0.3) is 0 Å². The quantitative estimate of drug-likeness (QED) is 0.693. The van der Waals surface area contributed by atoms with Gasteiger partial charge in [-0.05, 0) is 44.2 Å². The number of rotatable bonds is 5. The first-order valence-electron chi connectivity index (χ1n) is 8.15. The predicted octanol–water partition coefficient (Wildman–Crippen LogP) is 3.73. The van der Waals surface area contributed by atoms with Crippen molar-refractivity contribution in [1.29, 1.82) is 0 Å². The van der Waals surface area contributed by atoms with Crippen LogP contribution in [0.3, 0.4) is 0 Å². The second-order valence-electron chi connectivity index (χ2n) is 6.10. The number of hydrogen-bond donors (Lipinski definition) is 1. The first kappa shape index (κ1) is 17.9. The van der Waals surface area contributed by atoms with E-state index >= 15 is 0 Å². The Kier molecular flexibility index (Phi) is 5.23. The van der Waals surface area contributed by atoms with Crippen LogP contribution < -0.4 is 5.32 Å². The molecule has 0 aliphatic rings. The molecule has 3 rings (SSSR count). The Balaban J connectivity index is 1.68. The Labute approximate surface area is 155 Å². The Morgan fingerprint density at radius 2 is 2.04 bits per heavy atom. The number of carbonyl (C=O) groups excluding carboxylic acids is 2. The minimum Gasteiger partial charge on any atom is -0.459 e. The molecule has 1 aromatic carbocycles. The van der Waals surface area contributed by atoms with Gasteiger partial charge in [0.05, 0.1) is 28.8 Å². The Hall–Kier alpha value is -2.86. The Bertz CT molecular complexity index is 966. The second-order valence-corrected chi connectivity index (χ2v) is 6.54. The molecule has 2 aromatic heterocycles. The van der Waals surface area contributed by atoms with Gasteiger partial charge >= 0.3 is 5.97 Å². The van der Waals surface area contributed by atoms with Crippen molar-refractivity contribution in [2.75, 3.05) is 5.32 Å². The topological polar surface area (TPSA) is 72.7 Å². The number of esters is 1. The Morgan fingerprint density at radius 1 is 1.23 bits per heavy atom. The van der Waals surface area contributed by atoms with Crippen LogP contribution in [-0.4, -0.2) is 27.4 Å². The maximum absolute atomic E-state index is 12.3. The predicted molar refractivity (Wildman–Crippen MR) is 99.5 cm³/mol. The maximum Gasteiger partial charge on any atom is 0.338 e. The first-order valence-corrected chi connectivity index (χ1v) is 8.52. The van der Waals surface area contributed by atoms with Crippen LogP contribution in [0.2, 0.25) is 5.02 Å². The van der Waals surface area contributed by atoms with Gasteiger partial charge in [0.1, 0.15) is 5.65 Å². The first-order chi connectivity index (χ1) is 12.4. The van der Waals surface area contributed by atoms with Gasteiger partial charge in [0.2, 0.25) is 5.91 Å². The Morgan fingerprint density at radius 3 is 2.81 bits per heavy atom. The molecule has 6 nitrogen and oxygen atoms in total. The van der Waals surface area contributed by atoms with Crippen LogP contribution >= 0.6 is 11.6 Å². The summed E-state index contributed by atoms with van der Waals surface area (Å²) in [6.45, 7) is 3.57. The molecule has 0 unspecified atom stereocenters. The molecule has 3 aromatic rings. The fourth-order valence-electron chi connectivity index (χ4n) is 2.48. The number of nitrogens with zero attached hydrogens (tertiary/aromatic N) is 2. The summed E-state index contributed by atoms with van der Waals surface area (Å²) in [5.74, 6) is -0.651. The lowest BCUT2D eigenvalue weighted by molar-refractivity contribution is -0.115. The summed E-state index contributed by atoms with van der Waals surface area (Å²) in [4.78, 5) is 28.6. The number of anilines is 1. The number of carbonyl (C=O) groups is 2. The summed E-state index contributed by atoms with van der Waals surface area (Å²) >= 11 is 5.95. The van der Waals surface area contributed by atoms with Crippen molar-refractivity contribution >= 4 is 34.8 Å². The molecule has 0 saturated carbocycles. The highest BCUT2D eigenvalue weighted by Gasteiger charge is 2.12. The van der Waals surface area contributed by atoms with Crippen LogP contribution in [0.4, 0.5) is 5.69 Å². The molecule has 0 saturated heterocycles. The fourth-order valence-corrected chi connectivity index (χ4v) is 2.65. The lowest BCUT2D eigenvalue weighted by atomic mass is 10.2. The SMILES string of the molecule is CC(C)OC(=O)c1cccc(NC(=O)Cc2cn3cc(Cl)ccc3n2)c1. The number of imidazole rings is 1. The molecule has 0 spiro atoms. The molecule has 0 atom stereocenters. The van der Waals surface area contributed by atoms with Gasteiger partial charge in [-0.2, -0.15) is 0 Å². The smallest absolute Gasteiger partial charge is 0.338 e.